The molecule has 0 saturated heterocycles. The highest BCUT2D eigenvalue weighted by atomic mass is 35.5. The third-order valence-corrected chi connectivity index (χ3v) is 6.16. The molecule has 3 aromatic rings. The van der Waals surface area contributed by atoms with E-state index in [1.165, 1.54) is 24.6 Å². The molecular weight excluding hydrogens is 452 g/mol. The van der Waals surface area contributed by atoms with E-state index in [9.17, 15) is 10.1 Å². The normalized spacial score (nSPS) is 10.7. The molecule has 0 saturated carbocycles. The lowest BCUT2D eigenvalue weighted by Gasteiger charge is -2.12. The topological polar surface area (TPSA) is 62.1 Å². The van der Waals surface area contributed by atoms with Crippen LogP contribution in [0.1, 0.15) is 42.1 Å². The number of nitrogens with one attached hydrogen (secondary N) is 1. The molecule has 0 bridgehead atoms. The monoisotopic (exact) mass is 476 g/mol. The van der Waals surface area contributed by atoms with Crippen LogP contribution in [0.3, 0.4) is 0 Å². The van der Waals surface area contributed by atoms with Gasteiger partial charge in [0.15, 0.2) is 0 Å². The summed E-state index contributed by atoms with van der Waals surface area (Å²) in [5, 5.41) is 12.8. The molecule has 1 amide bonds. The van der Waals surface area contributed by atoms with Crippen molar-refractivity contribution in [2.75, 3.05) is 11.9 Å². The molecule has 0 fully saturated rings. The van der Waals surface area contributed by atoms with Crippen LogP contribution in [0, 0.1) is 11.3 Å². The second-order valence-electron chi connectivity index (χ2n) is 7.25. The number of benzene rings is 3. The molecule has 33 heavy (non-hydrogen) atoms. The first-order chi connectivity index (χ1) is 16.1. The molecule has 3 rings (SSSR count). The number of unbranched alkanes of at least 4 members (excludes halogenated alkanes) is 2. The summed E-state index contributed by atoms with van der Waals surface area (Å²) in [6.07, 6.45) is 7.56. The van der Waals surface area contributed by atoms with Crippen LogP contribution in [-0.4, -0.2) is 12.5 Å². The number of amides is 1. The Kier molecular flexibility index (Phi) is 9.44. The molecule has 0 spiro atoms. The van der Waals surface area contributed by atoms with Gasteiger partial charge in [0, 0.05) is 20.4 Å². The number of nitrogens with zero attached hydrogens (tertiary/aromatic N) is 1. The van der Waals surface area contributed by atoms with Gasteiger partial charge in [-0.3, -0.25) is 4.79 Å². The SMILES string of the molecule is CCCCC=CCOc1ccc(C(=O)Nc2cc(Cl)ccc2Sc2ccccc2C#N)cc1. The second-order valence-corrected chi connectivity index (χ2v) is 8.77. The fraction of sp³-hybridized carbons (Fsp3) is 0.185. The largest absolute Gasteiger partial charge is 0.490 e. The number of hydrogen-bond acceptors (Lipinski definition) is 4. The molecule has 0 atom stereocenters. The summed E-state index contributed by atoms with van der Waals surface area (Å²) < 4.78 is 5.70. The number of rotatable bonds is 10. The fourth-order valence-electron chi connectivity index (χ4n) is 3.00. The molecule has 0 aliphatic carbocycles. The molecule has 0 radical (unpaired) electrons. The molecule has 1 N–H and O–H groups in total. The molecule has 6 heteroatoms. The molecule has 168 valence electrons. The van der Waals surface area contributed by atoms with E-state index in [-0.39, 0.29) is 5.91 Å². The zero-order valence-electron chi connectivity index (χ0n) is 18.4. The van der Waals surface area contributed by atoms with Gasteiger partial charge in [-0.15, -0.1) is 0 Å². The van der Waals surface area contributed by atoms with Crippen LogP contribution in [0.5, 0.6) is 5.75 Å². The lowest BCUT2D eigenvalue weighted by Crippen LogP contribution is -2.12. The van der Waals surface area contributed by atoms with Gasteiger partial charge in [0.2, 0.25) is 0 Å². The first kappa shape index (κ1) is 24.4. The maximum absolute atomic E-state index is 12.9. The Morgan fingerprint density at radius 3 is 2.64 bits per heavy atom. The molecule has 0 unspecified atom stereocenters. The maximum Gasteiger partial charge on any atom is 0.255 e. The highest BCUT2D eigenvalue weighted by Crippen LogP contribution is 2.36. The van der Waals surface area contributed by atoms with E-state index >= 15 is 0 Å². The lowest BCUT2D eigenvalue weighted by atomic mass is 10.2. The molecule has 4 nitrogen and oxygen atoms in total. The standard InChI is InChI=1S/C27H25ClN2O2S/c1-2-3-4-5-8-17-32-23-14-11-20(12-15-23)27(31)30-24-18-22(28)13-16-26(24)33-25-10-7-6-9-21(25)19-29/h5-16,18H,2-4,17H2,1H3,(H,30,31). The van der Waals surface area contributed by atoms with Crippen LogP contribution >= 0.6 is 23.4 Å². The summed E-state index contributed by atoms with van der Waals surface area (Å²) in [7, 11) is 0. The van der Waals surface area contributed by atoms with Gasteiger partial charge in [-0.05, 0) is 61.0 Å². The highest BCUT2D eigenvalue weighted by Gasteiger charge is 2.13. The predicted molar refractivity (Wildman–Crippen MR) is 135 cm³/mol. The van der Waals surface area contributed by atoms with Gasteiger partial charge in [0.05, 0.1) is 11.3 Å². The van der Waals surface area contributed by atoms with Crippen molar-refractivity contribution < 1.29 is 9.53 Å². The van der Waals surface area contributed by atoms with Crippen LogP contribution < -0.4 is 10.1 Å². The van der Waals surface area contributed by atoms with Crippen LogP contribution in [0.25, 0.3) is 0 Å². The van der Waals surface area contributed by atoms with Crippen molar-refractivity contribution in [3.8, 4) is 11.8 Å². The van der Waals surface area contributed by atoms with Crippen molar-refractivity contribution in [2.24, 2.45) is 0 Å². The van der Waals surface area contributed by atoms with Gasteiger partial charge in [-0.25, -0.2) is 0 Å². The lowest BCUT2D eigenvalue weighted by molar-refractivity contribution is 0.102. The van der Waals surface area contributed by atoms with Crippen molar-refractivity contribution in [3.05, 3.63) is 95.0 Å². The van der Waals surface area contributed by atoms with Crippen LogP contribution in [0.4, 0.5) is 5.69 Å². The number of nitriles is 1. The second kappa shape index (κ2) is 12.7. The third kappa shape index (κ3) is 7.42. The van der Waals surface area contributed by atoms with Crippen molar-refractivity contribution in [1.29, 1.82) is 5.26 Å². The van der Waals surface area contributed by atoms with Crippen molar-refractivity contribution in [2.45, 2.75) is 36.0 Å². The van der Waals surface area contributed by atoms with E-state index in [1.807, 2.05) is 30.3 Å². The summed E-state index contributed by atoms with van der Waals surface area (Å²) in [5.41, 5.74) is 1.67. The van der Waals surface area contributed by atoms with E-state index in [2.05, 4.69) is 24.4 Å². The Balaban J connectivity index is 1.67. The summed E-state index contributed by atoms with van der Waals surface area (Å²) in [6, 6.07) is 21.9. The number of hydrogen-bond donors (Lipinski definition) is 1. The maximum atomic E-state index is 12.9. The summed E-state index contributed by atoms with van der Waals surface area (Å²) in [6.45, 7) is 2.67. The number of carbonyl (C=O) groups is 1. The Bertz CT molecular complexity index is 1150. The molecule has 0 heterocycles. The van der Waals surface area contributed by atoms with Crippen molar-refractivity contribution in [1.82, 2.24) is 0 Å². The number of halogens is 1. The van der Waals surface area contributed by atoms with E-state index in [0.717, 1.165) is 16.2 Å². The number of allylic oxidation sites excluding steroid dienone is 1. The predicted octanol–water partition coefficient (Wildman–Crippen LogP) is 7.74. The first-order valence-electron chi connectivity index (χ1n) is 10.8. The van der Waals surface area contributed by atoms with Gasteiger partial charge in [0.25, 0.3) is 5.91 Å². The number of carbonyl (C=O) groups excluding carboxylic acids is 1. The minimum Gasteiger partial charge on any atom is -0.490 e. The Morgan fingerprint density at radius 1 is 1.09 bits per heavy atom. The van der Waals surface area contributed by atoms with Gasteiger partial charge in [-0.2, -0.15) is 5.26 Å². The minimum absolute atomic E-state index is 0.251. The average molecular weight is 477 g/mol. The number of anilines is 1. The van der Waals surface area contributed by atoms with E-state index in [0.29, 0.717) is 34.2 Å². The quantitative estimate of drug-likeness (QED) is 0.240. The zero-order valence-corrected chi connectivity index (χ0v) is 20.0. The van der Waals surface area contributed by atoms with Crippen LogP contribution in [0.2, 0.25) is 5.02 Å². The third-order valence-electron chi connectivity index (χ3n) is 4.77. The molecule has 0 aromatic heterocycles. The molecular formula is C27H25ClN2O2S. The smallest absolute Gasteiger partial charge is 0.255 e. The van der Waals surface area contributed by atoms with E-state index in [4.69, 9.17) is 16.3 Å². The summed E-state index contributed by atoms with van der Waals surface area (Å²) in [5.74, 6) is 0.456. The van der Waals surface area contributed by atoms with Crippen LogP contribution in [0.15, 0.2) is 88.7 Å². The Labute approximate surface area is 204 Å². The Hall–Kier alpha value is -3.20. The first-order valence-corrected chi connectivity index (χ1v) is 12.0. The number of ether oxygens (including phenoxy) is 1. The highest BCUT2D eigenvalue weighted by molar-refractivity contribution is 7.99. The molecule has 3 aromatic carbocycles. The van der Waals surface area contributed by atoms with Crippen LogP contribution in [-0.2, 0) is 0 Å². The van der Waals surface area contributed by atoms with Gasteiger partial charge >= 0.3 is 0 Å². The minimum atomic E-state index is -0.251. The van der Waals surface area contributed by atoms with Gasteiger partial charge < -0.3 is 10.1 Å². The zero-order chi connectivity index (χ0) is 23.5. The summed E-state index contributed by atoms with van der Waals surface area (Å²) >= 11 is 7.59. The van der Waals surface area contributed by atoms with Gasteiger partial charge in [-0.1, -0.05) is 67.4 Å². The molecule has 0 aliphatic heterocycles. The fourth-order valence-corrected chi connectivity index (χ4v) is 4.14. The molecule has 0 aliphatic rings. The van der Waals surface area contributed by atoms with Crippen molar-refractivity contribution >= 4 is 35.0 Å². The average Bonchev–Trinajstić information content (AvgIpc) is 2.83. The Morgan fingerprint density at radius 2 is 1.88 bits per heavy atom. The summed E-state index contributed by atoms with van der Waals surface area (Å²) in [4.78, 5) is 14.5. The van der Waals surface area contributed by atoms with Crippen molar-refractivity contribution in [3.63, 3.8) is 0 Å². The van der Waals surface area contributed by atoms with E-state index < -0.39 is 0 Å². The van der Waals surface area contributed by atoms with Gasteiger partial charge in [0.1, 0.15) is 18.4 Å². The van der Waals surface area contributed by atoms with E-state index in [1.54, 1.807) is 42.5 Å².